The number of nitrogens with two attached hydrogens (primary N) is 2. The summed E-state index contributed by atoms with van der Waals surface area (Å²) < 4.78 is 1.94. The van der Waals surface area contributed by atoms with Gasteiger partial charge in [0.25, 0.3) is 0 Å². The topological polar surface area (TPSA) is 160 Å². The third kappa shape index (κ3) is 2.81. The van der Waals surface area contributed by atoms with E-state index in [9.17, 15) is 10.2 Å². The van der Waals surface area contributed by atoms with Crippen molar-refractivity contribution >= 4 is 33.6 Å². The second-order valence-electron chi connectivity index (χ2n) is 9.25. The summed E-state index contributed by atoms with van der Waals surface area (Å²) in [5.74, 6) is 0.784. The summed E-state index contributed by atoms with van der Waals surface area (Å²) in [7, 11) is 0. The van der Waals surface area contributed by atoms with Crippen LogP contribution in [0, 0.1) is 22.7 Å². The number of fused-ring (bicyclic) bond motifs is 3. The summed E-state index contributed by atoms with van der Waals surface area (Å²) in [5, 5.41) is 32.7. The van der Waals surface area contributed by atoms with E-state index in [2.05, 4.69) is 21.0 Å². The van der Waals surface area contributed by atoms with Crippen molar-refractivity contribution in [1.29, 1.82) is 5.26 Å². The van der Waals surface area contributed by atoms with E-state index >= 15 is 0 Å². The fourth-order valence-corrected chi connectivity index (χ4v) is 5.79. The van der Waals surface area contributed by atoms with Crippen LogP contribution in [0.1, 0.15) is 30.0 Å². The second-order valence-corrected chi connectivity index (χ2v) is 9.25. The summed E-state index contributed by atoms with van der Waals surface area (Å²) in [6.07, 6.45) is 3.95. The van der Waals surface area contributed by atoms with Crippen LogP contribution in [0.25, 0.3) is 21.9 Å². The van der Waals surface area contributed by atoms with Crippen molar-refractivity contribution < 1.29 is 10.2 Å². The third-order valence-electron chi connectivity index (χ3n) is 7.63. The molecule has 0 bridgehead atoms. The Morgan fingerprint density at radius 2 is 2.00 bits per heavy atom. The molecule has 0 spiro atoms. The van der Waals surface area contributed by atoms with Crippen molar-refractivity contribution in [2.45, 2.75) is 37.5 Å². The van der Waals surface area contributed by atoms with Gasteiger partial charge in [-0.2, -0.15) is 5.26 Å². The van der Waals surface area contributed by atoms with Crippen molar-refractivity contribution in [3.8, 4) is 6.07 Å². The molecule has 2 aliphatic rings. The molecule has 0 unspecified atom stereocenters. The number of nitrogen functional groups attached to an aromatic ring is 2. The van der Waals surface area contributed by atoms with Gasteiger partial charge in [0.1, 0.15) is 35.8 Å². The Kier molecular flexibility index (Phi) is 4.15. The number of aryl methyl sites for hydroxylation is 1. The molecule has 0 aliphatic heterocycles. The number of rotatable bonds is 4. The molecule has 9 heteroatoms. The fraction of sp³-hybridized carbons (Fsp3) is 0.333. The van der Waals surface area contributed by atoms with Gasteiger partial charge in [-0.15, -0.1) is 0 Å². The van der Waals surface area contributed by atoms with Crippen LogP contribution in [-0.2, 0) is 6.42 Å². The number of nitriles is 1. The molecule has 0 saturated heterocycles. The number of benzene rings is 1. The SMILES string of the molecule is N#Cc1cc2ccc(CC[C@]34C[C@@H]3[C@@H](n3ccc5c(N)ncnc53)[C@H](O)[C@@H]4O)cc2nc1N. The van der Waals surface area contributed by atoms with Gasteiger partial charge in [-0.25, -0.2) is 15.0 Å². The van der Waals surface area contributed by atoms with E-state index in [1.807, 2.05) is 35.0 Å². The highest BCUT2D eigenvalue weighted by molar-refractivity contribution is 5.86. The Labute approximate surface area is 189 Å². The van der Waals surface area contributed by atoms with Crippen molar-refractivity contribution in [1.82, 2.24) is 19.5 Å². The summed E-state index contributed by atoms with van der Waals surface area (Å²) in [6.45, 7) is 0. The molecule has 2 saturated carbocycles. The minimum absolute atomic E-state index is 0.154. The Morgan fingerprint density at radius 1 is 1.15 bits per heavy atom. The van der Waals surface area contributed by atoms with Gasteiger partial charge in [-0.3, -0.25) is 0 Å². The molecule has 4 aromatic rings. The maximum absolute atomic E-state index is 11.0. The predicted molar refractivity (Wildman–Crippen MR) is 123 cm³/mol. The van der Waals surface area contributed by atoms with Crippen LogP contribution < -0.4 is 11.5 Å². The molecular weight excluding hydrogens is 418 g/mol. The third-order valence-corrected chi connectivity index (χ3v) is 7.63. The molecule has 3 heterocycles. The highest BCUT2D eigenvalue weighted by atomic mass is 16.3. The van der Waals surface area contributed by atoms with Crippen LogP contribution in [-0.4, -0.2) is 41.9 Å². The molecule has 0 radical (unpaired) electrons. The molecule has 9 nitrogen and oxygen atoms in total. The first kappa shape index (κ1) is 19.9. The van der Waals surface area contributed by atoms with Crippen LogP contribution in [0.3, 0.4) is 0 Å². The molecule has 0 amide bonds. The van der Waals surface area contributed by atoms with Gasteiger partial charge < -0.3 is 26.2 Å². The average molecular weight is 441 g/mol. The molecule has 1 aromatic carbocycles. The van der Waals surface area contributed by atoms with Crippen molar-refractivity contribution in [2.75, 3.05) is 11.5 Å². The normalized spacial score (nSPS) is 28.2. The van der Waals surface area contributed by atoms with Crippen LogP contribution in [0.15, 0.2) is 42.9 Å². The summed E-state index contributed by atoms with van der Waals surface area (Å²) in [6, 6.07) is 11.3. The molecular formula is C24H23N7O2. The van der Waals surface area contributed by atoms with Gasteiger partial charge >= 0.3 is 0 Å². The standard InChI is InChI=1S/C24H23N7O2/c25-10-14-8-13-2-1-12(7-17(13)30-21(14)26)3-5-24-9-16(24)18(19(32)20(24)33)31-6-4-15-22(27)28-11-29-23(15)31/h1-2,4,6-8,11,16,18-20,32-33H,3,5,9H2,(H2,26,30)(H2,27,28,29)/t16-,18-,19+,20+,24+/m1/s1. The van der Waals surface area contributed by atoms with Crippen molar-refractivity contribution in [2.24, 2.45) is 11.3 Å². The number of hydrogen-bond donors (Lipinski definition) is 4. The van der Waals surface area contributed by atoms with E-state index in [-0.39, 0.29) is 23.2 Å². The number of anilines is 2. The lowest BCUT2D eigenvalue weighted by atomic mass is 9.91. The van der Waals surface area contributed by atoms with E-state index < -0.39 is 12.2 Å². The Bertz CT molecular complexity index is 1460. The van der Waals surface area contributed by atoms with Crippen LogP contribution >= 0.6 is 0 Å². The van der Waals surface area contributed by atoms with Gasteiger partial charge in [-0.05, 0) is 48.9 Å². The largest absolute Gasteiger partial charge is 0.390 e. The number of aromatic nitrogens is 4. The Balaban J connectivity index is 1.26. The lowest BCUT2D eigenvalue weighted by molar-refractivity contribution is -0.0191. The first-order valence-electron chi connectivity index (χ1n) is 11.0. The first-order valence-corrected chi connectivity index (χ1v) is 11.0. The maximum atomic E-state index is 11.0. The first-order chi connectivity index (χ1) is 15.9. The zero-order valence-corrected chi connectivity index (χ0v) is 17.8. The second kappa shape index (κ2) is 6.88. The van der Waals surface area contributed by atoms with E-state index in [1.54, 1.807) is 6.07 Å². The minimum atomic E-state index is -0.877. The summed E-state index contributed by atoms with van der Waals surface area (Å²) in [4.78, 5) is 12.8. The zero-order chi connectivity index (χ0) is 22.9. The van der Waals surface area contributed by atoms with Crippen molar-refractivity contribution in [3.05, 3.63) is 54.0 Å². The number of aliphatic hydroxyl groups is 2. The predicted octanol–water partition coefficient (Wildman–Crippen LogP) is 1.93. The van der Waals surface area contributed by atoms with E-state index in [1.165, 1.54) is 6.33 Å². The summed E-state index contributed by atoms with van der Waals surface area (Å²) >= 11 is 0. The molecule has 2 fully saturated rings. The zero-order valence-electron chi connectivity index (χ0n) is 17.8. The van der Waals surface area contributed by atoms with E-state index in [4.69, 9.17) is 16.7 Å². The van der Waals surface area contributed by atoms with Crippen LogP contribution in [0.4, 0.5) is 11.6 Å². The lowest BCUT2D eigenvalue weighted by Crippen LogP contribution is -2.34. The number of pyridine rings is 1. The van der Waals surface area contributed by atoms with Gasteiger partial charge in [0.2, 0.25) is 0 Å². The Morgan fingerprint density at radius 3 is 2.82 bits per heavy atom. The smallest absolute Gasteiger partial charge is 0.145 e. The van der Waals surface area contributed by atoms with Gasteiger partial charge in [0.05, 0.1) is 28.6 Å². The molecule has 33 heavy (non-hydrogen) atoms. The number of nitrogens with zero attached hydrogens (tertiary/aromatic N) is 5. The maximum Gasteiger partial charge on any atom is 0.145 e. The van der Waals surface area contributed by atoms with Crippen LogP contribution in [0.2, 0.25) is 0 Å². The number of aliphatic hydroxyl groups excluding tert-OH is 2. The van der Waals surface area contributed by atoms with Crippen LogP contribution in [0.5, 0.6) is 0 Å². The minimum Gasteiger partial charge on any atom is -0.390 e. The summed E-state index contributed by atoms with van der Waals surface area (Å²) in [5.41, 5.74) is 14.4. The molecule has 5 atom stereocenters. The number of hydrogen-bond acceptors (Lipinski definition) is 8. The van der Waals surface area contributed by atoms with E-state index in [0.717, 1.165) is 41.1 Å². The average Bonchev–Trinajstić information content (AvgIpc) is 3.30. The van der Waals surface area contributed by atoms with Crippen molar-refractivity contribution in [3.63, 3.8) is 0 Å². The Hall–Kier alpha value is -3.74. The fourth-order valence-electron chi connectivity index (χ4n) is 5.79. The quantitative estimate of drug-likeness (QED) is 0.374. The van der Waals surface area contributed by atoms with Gasteiger partial charge in [0, 0.05) is 17.0 Å². The molecule has 6 rings (SSSR count). The molecule has 2 aliphatic carbocycles. The highest BCUT2D eigenvalue weighted by Crippen LogP contribution is 2.69. The van der Waals surface area contributed by atoms with Gasteiger partial charge in [-0.1, -0.05) is 12.1 Å². The van der Waals surface area contributed by atoms with Gasteiger partial charge in [0.15, 0.2) is 0 Å². The molecule has 6 N–H and O–H groups in total. The molecule has 166 valence electrons. The van der Waals surface area contributed by atoms with E-state index in [0.29, 0.717) is 17.0 Å². The highest BCUT2D eigenvalue weighted by Gasteiger charge is 2.70. The monoisotopic (exact) mass is 441 g/mol. The molecule has 3 aromatic heterocycles. The lowest BCUT2D eigenvalue weighted by Gasteiger charge is -2.24.